The number of ether oxygens (including phenoxy) is 1. The van der Waals surface area contributed by atoms with Crippen LogP contribution in [0.3, 0.4) is 0 Å². The molecule has 3 aromatic carbocycles. The van der Waals surface area contributed by atoms with Crippen molar-refractivity contribution in [2.45, 2.75) is 0 Å². The quantitative estimate of drug-likeness (QED) is 0.529. The molecule has 1 heterocycles. The number of pyridine rings is 1. The van der Waals surface area contributed by atoms with E-state index in [4.69, 9.17) is 10.5 Å². The molecule has 0 amide bonds. The van der Waals surface area contributed by atoms with Crippen molar-refractivity contribution in [1.82, 2.24) is 4.98 Å². The second-order valence-electron chi connectivity index (χ2n) is 5.89. The number of nitrogens with two attached hydrogens (primary N) is 1. The molecule has 0 saturated heterocycles. The predicted octanol–water partition coefficient (Wildman–Crippen LogP) is 5.16. The van der Waals surface area contributed by atoms with E-state index in [1.165, 1.54) is 0 Å². The normalized spacial score (nSPS) is 10.8. The van der Waals surface area contributed by atoms with Crippen LogP contribution in [0.5, 0.6) is 5.75 Å². The van der Waals surface area contributed by atoms with Crippen molar-refractivity contribution in [3.8, 4) is 28.0 Å². The van der Waals surface area contributed by atoms with Gasteiger partial charge in [0, 0.05) is 28.4 Å². The number of hydrogen-bond donors (Lipinski definition) is 1. The monoisotopic (exact) mass is 326 g/mol. The first-order chi connectivity index (χ1) is 12.3. The third kappa shape index (κ3) is 2.70. The number of nitrogens with zero attached hydrogens (tertiary/aromatic N) is 1. The van der Waals surface area contributed by atoms with E-state index in [1.54, 1.807) is 7.11 Å². The molecule has 122 valence electrons. The van der Waals surface area contributed by atoms with Crippen LogP contribution in [0.1, 0.15) is 0 Å². The van der Waals surface area contributed by atoms with Gasteiger partial charge >= 0.3 is 0 Å². The number of nitrogen functional groups attached to an aromatic ring is 1. The third-order valence-electron chi connectivity index (χ3n) is 4.39. The summed E-state index contributed by atoms with van der Waals surface area (Å²) in [5.41, 5.74) is 12.0. The summed E-state index contributed by atoms with van der Waals surface area (Å²) in [6.07, 6.45) is 1.85. The van der Waals surface area contributed by atoms with Crippen LogP contribution in [-0.4, -0.2) is 12.1 Å². The van der Waals surface area contributed by atoms with Crippen LogP contribution < -0.4 is 10.5 Å². The van der Waals surface area contributed by atoms with Crippen LogP contribution in [0.4, 0.5) is 5.69 Å². The third-order valence-corrected chi connectivity index (χ3v) is 4.39. The molecule has 25 heavy (non-hydrogen) atoms. The Hall–Kier alpha value is -3.33. The van der Waals surface area contributed by atoms with E-state index in [-0.39, 0.29) is 0 Å². The summed E-state index contributed by atoms with van der Waals surface area (Å²) in [5, 5.41) is 1.05. The summed E-state index contributed by atoms with van der Waals surface area (Å²) in [4.78, 5) is 4.68. The Balaban J connectivity index is 2.01. The van der Waals surface area contributed by atoms with Gasteiger partial charge in [0.1, 0.15) is 11.3 Å². The number of fused-ring (bicyclic) bond motifs is 1. The minimum absolute atomic E-state index is 0.743. The van der Waals surface area contributed by atoms with Gasteiger partial charge in [-0.3, -0.25) is 4.98 Å². The molecule has 4 aromatic rings. The van der Waals surface area contributed by atoms with Crippen molar-refractivity contribution in [2.24, 2.45) is 0 Å². The lowest BCUT2D eigenvalue weighted by molar-refractivity contribution is 0.419. The summed E-state index contributed by atoms with van der Waals surface area (Å²) >= 11 is 0. The summed E-state index contributed by atoms with van der Waals surface area (Å²) in [6.45, 7) is 0. The zero-order valence-electron chi connectivity index (χ0n) is 13.9. The van der Waals surface area contributed by atoms with E-state index >= 15 is 0 Å². The van der Waals surface area contributed by atoms with Crippen LogP contribution in [0, 0.1) is 0 Å². The highest BCUT2D eigenvalue weighted by Crippen LogP contribution is 2.36. The van der Waals surface area contributed by atoms with Crippen LogP contribution in [0.25, 0.3) is 33.2 Å². The predicted molar refractivity (Wildman–Crippen MR) is 104 cm³/mol. The van der Waals surface area contributed by atoms with Gasteiger partial charge in [0.25, 0.3) is 0 Å². The molecule has 0 saturated carbocycles. The van der Waals surface area contributed by atoms with Crippen molar-refractivity contribution in [1.29, 1.82) is 0 Å². The SMILES string of the molecule is COc1ccc(-c2ccccc2)c2cc(-c3ccccc3N)cnc12. The molecule has 0 unspecified atom stereocenters. The Morgan fingerprint density at radius 2 is 1.56 bits per heavy atom. The van der Waals surface area contributed by atoms with Crippen molar-refractivity contribution in [3.05, 3.63) is 79.0 Å². The fraction of sp³-hybridized carbons (Fsp3) is 0.0455. The lowest BCUT2D eigenvalue weighted by Crippen LogP contribution is -1.93. The summed E-state index contributed by atoms with van der Waals surface area (Å²) in [7, 11) is 1.67. The second kappa shape index (κ2) is 6.29. The van der Waals surface area contributed by atoms with E-state index in [0.717, 1.165) is 44.6 Å². The number of aromatic nitrogens is 1. The molecule has 0 aliphatic carbocycles. The minimum atomic E-state index is 0.743. The molecule has 0 radical (unpaired) electrons. The van der Waals surface area contributed by atoms with Gasteiger partial charge in [0.2, 0.25) is 0 Å². The molecule has 4 rings (SSSR count). The van der Waals surface area contributed by atoms with Gasteiger partial charge in [-0.25, -0.2) is 0 Å². The number of para-hydroxylation sites is 1. The highest BCUT2D eigenvalue weighted by Gasteiger charge is 2.12. The smallest absolute Gasteiger partial charge is 0.145 e. The van der Waals surface area contributed by atoms with Crippen molar-refractivity contribution in [3.63, 3.8) is 0 Å². The molecule has 0 fully saturated rings. The lowest BCUT2D eigenvalue weighted by Gasteiger charge is -2.12. The first-order valence-corrected chi connectivity index (χ1v) is 8.15. The topological polar surface area (TPSA) is 48.1 Å². The highest BCUT2D eigenvalue weighted by atomic mass is 16.5. The summed E-state index contributed by atoms with van der Waals surface area (Å²) in [5.74, 6) is 0.766. The van der Waals surface area contributed by atoms with E-state index in [0.29, 0.717) is 0 Å². The molecule has 1 aromatic heterocycles. The molecule has 3 heteroatoms. The molecular formula is C22H18N2O. The average Bonchev–Trinajstić information content (AvgIpc) is 2.68. The zero-order chi connectivity index (χ0) is 17.2. The Morgan fingerprint density at radius 1 is 0.800 bits per heavy atom. The van der Waals surface area contributed by atoms with Crippen molar-refractivity contribution >= 4 is 16.6 Å². The highest BCUT2D eigenvalue weighted by molar-refractivity contribution is 6.00. The lowest BCUT2D eigenvalue weighted by atomic mass is 9.97. The number of methoxy groups -OCH3 is 1. The van der Waals surface area contributed by atoms with Crippen molar-refractivity contribution in [2.75, 3.05) is 12.8 Å². The first kappa shape index (κ1) is 15.2. The maximum atomic E-state index is 6.15. The fourth-order valence-electron chi connectivity index (χ4n) is 3.14. The molecule has 3 nitrogen and oxygen atoms in total. The number of hydrogen-bond acceptors (Lipinski definition) is 3. The van der Waals surface area contributed by atoms with E-state index in [9.17, 15) is 0 Å². The van der Waals surface area contributed by atoms with E-state index < -0.39 is 0 Å². The van der Waals surface area contributed by atoms with Gasteiger partial charge in [-0.15, -0.1) is 0 Å². The number of benzene rings is 3. The number of rotatable bonds is 3. The molecule has 0 atom stereocenters. The van der Waals surface area contributed by atoms with E-state index in [1.807, 2.05) is 54.7 Å². The van der Waals surface area contributed by atoms with Crippen molar-refractivity contribution < 1.29 is 4.74 Å². The summed E-state index contributed by atoms with van der Waals surface area (Å²) in [6, 6.07) is 24.3. The maximum Gasteiger partial charge on any atom is 0.145 e. The van der Waals surface area contributed by atoms with Gasteiger partial charge in [-0.2, -0.15) is 0 Å². The van der Waals surface area contributed by atoms with Crippen LogP contribution >= 0.6 is 0 Å². The standard InChI is InChI=1S/C22H18N2O/c1-25-21-12-11-17(15-7-3-2-4-8-15)19-13-16(14-24-22(19)21)18-9-5-6-10-20(18)23/h2-14H,23H2,1H3. The minimum Gasteiger partial charge on any atom is -0.494 e. The molecule has 2 N–H and O–H groups in total. The number of anilines is 1. The van der Waals surface area contributed by atoms with Gasteiger partial charge in [0.05, 0.1) is 7.11 Å². The molecule has 0 aliphatic rings. The van der Waals surface area contributed by atoms with Crippen LogP contribution in [0.2, 0.25) is 0 Å². The summed E-state index contributed by atoms with van der Waals surface area (Å²) < 4.78 is 5.50. The molecule has 0 bridgehead atoms. The molecule has 0 spiro atoms. The largest absolute Gasteiger partial charge is 0.494 e. The Labute approximate surface area is 146 Å². The van der Waals surface area contributed by atoms with Gasteiger partial charge in [-0.05, 0) is 35.4 Å². The van der Waals surface area contributed by atoms with Gasteiger partial charge in [0.15, 0.2) is 0 Å². The average molecular weight is 326 g/mol. The fourth-order valence-corrected chi connectivity index (χ4v) is 3.14. The second-order valence-corrected chi connectivity index (χ2v) is 5.89. The first-order valence-electron chi connectivity index (χ1n) is 8.15. The maximum absolute atomic E-state index is 6.15. The Kier molecular flexibility index (Phi) is 3.82. The van der Waals surface area contributed by atoms with Gasteiger partial charge in [-0.1, -0.05) is 48.5 Å². The Bertz CT molecular complexity index is 1040. The van der Waals surface area contributed by atoms with Crippen LogP contribution in [0.15, 0.2) is 79.0 Å². The van der Waals surface area contributed by atoms with E-state index in [2.05, 4.69) is 29.2 Å². The Morgan fingerprint density at radius 3 is 2.32 bits per heavy atom. The molecule has 0 aliphatic heterocycles. The van der Waals surface area contributed by atoms with Crippen LogP contribution in [-0.2, 0) is 0 Å². The zero-order valence-corrected chi connectivity index (χ0v) is 13.9. The van der Waals surface area contributed by atoms with Gasteiger partial charge < -0.3 is 10.5 Å². The molecular weight excluding hydrogens is 308 g/mol.